The van der Waals surface area contributed by atoms with E-state index in [4.69, 9.17) is 0 Å². The molecule has 0 saturated heterocycles. The van der Waals surface area contributed by atoms with Crippen molar-refractivity contribution in [3.05, 3.63) is 50.8 Å². The molecule has 2 N–H and O–H groups in total. The molecule has 6 nitrogen and oxygen atoms in total. The van der Waals surface area contributed by atoms with Crippen LogP contribution in [0.4, 0.5) is 13.9 Å². The van der Waals surface area contributed by atoms with Gasteiger partial charge in [0, 0.05) is 12.3 Å². The van der Waals surface area contributed by atoms with E-state index >= 15 is 0 Å². The first-order valence-electron chi connectivity index (χ1n) is 6.07. The highest BCUT2D eigenvalue weighted by Gasteiger charge is 2.17. The van der Waals surface area contributed by atoms with Crippen LogP contribution in [-0.4, -0.2) is 21.1 Å². The number of aryl methyl sites for hydroxylation is 1. The number of benzene rings is 1. The minimum Gasteiger partial charge on any atom is -0.360 e. The molecule has 0 aliphatic rings. The number of aromatic nitrogens is 3. The quantitative estimate of drug-likeness (QED) is 0.757. The Hall–Kier alpha value is -2.68. The highest BCUT2D eigenvalue weighted by molar-refractivity contribution is 7.15. The summed E-state index contributed by atoms with van der Waals surface area (Å²) in [6.45, 7) is 1.71. The zero-order chi connectivity index (χ0) is 15.9. The molecule has 112 valence electrons. The molecule has 2 aromatic heterocycles. The number of carbonyl (C=O) groups excluding carboxylic acids is 1. The van der Waals surface area contributed by atoms with Gasteiger partial charge in [0.2, 0.25) is 10.6 Å². The van der Waals surface area contributed by atoms with Crippen LogP contribution in [0.3, 0.4) is 0 Å². The molecule has 3 rings (SSSR count). The summed E-state index contributed by atoms with van der Waals surface area (Å²) in [5.74, 6) is -2.59. The Bertz CT molecular complexity index is 951. The van der Waals surface area contributed by atoms with Crippen LogP contribution in [0.2, 0.25) is 0 Å². The fourth-order valence-corrected chi connectivity index (χ4v) is 2.54. The maximum atomic E-state index is 13.8. The second kappa shape index (κ2) is 5.26. The van der Waals surface area contributed by atoms with Crippen molar-refractivity contribution >= 4 is 33.3 Å². The van der Waals surface area contributed by atoms with E-state index in [9.17, 15) is 18.4 Å². The van der Waals surface area contributed by atoms with Gasteiger partial charge in [-0.15, -0.1) is 10.2 Å². The van der Waals surface area contributed by atoms with E-state index in [1.54, 1.807) is 6.92 Å². The molecule has 0 unspecified atom stereocenters. The molecule has 0 fully saturated rings. The minimum absolute atomic E-state index is 0.0224. The molecule has 2 heterocycles. The molecule has 1 aromatic carbocycles. The number of hydrogen-bond donors (Lipinski definition) is 2. The number of amides is 1. The summed E-state index contributed by atoms with van der Waals surface area (Å²) in [6.07, 6.45) is 1.10. The van der Waals surface area contributed by atoms with Crippen LogP contribution in [0.5, 0.6) is 0 Å². The van der Waals surface area contributed by atoms with Crippen molar-refractivity contribution in [3.8, 4) is 0 Å². The van der Waals surface area contributed by atoms with Gasteiger partial charge in [-0.2, -0.15) is 0 Å². The Balaban J connectivity index is 2.06. The maximum absolute atomic E-state index is 13.8. The summed E-state index contributed by atoms with van der Waals surface area (Å²) in [5.41, 5.74) is -1.15. The lowest BCUT2D eigenvalue weighted by Crippen LogP contribution is -2.22. The van der Waals surface area contributed by atoms with Crippen molar-refractivity contribution in [2.75, 3.05) is 5.32 Å². The van der Waals surface area contributed by atoms with Gasteiger partial charge in [0.25, 0.3) is 5.91 Å². The van der Waals surface area contributed by atoms with Crippen LogP contribution in [0.15, 0.2) is 23.1 Å². The number of nitrogens with one attached hydrogen (secondary N) is 2. The molecule has 3 aromatic rings. The Morgan fingerprint density at radius 3 is 2.77 bits per heavy atom. The summed E-state index contributed by atoms with van der Waals surface area (Å²) in [6, 6.07) is 1.57. The van der Waals surface area contributed by atoms with E-state index < -0.39 is 23.0 Å². The fraction of sp³-hybridized carbons (Fsp3) is 0.0769. The molecular weight excluding hydrogens is 314 g/mol. The van der Waals surface area contributed by atoms with Gasteiger partial charge in [-0.1, -0.05) is 11.3 Å². The summed E-state index contributed by atoms with van der Waals surface area (Å²) in [7, 11) is 0. The molecule has 0 radical (unpaired) electrons. The van der Waals surface area contributed by atoms with Crippen molar-refractivity contribution in [2.24, 2.45) is 0 Å². The molecular formula is C13H8F2N4O2S. The van der Waals surface area contributed by atoms with E-state index in [0.29, 0.717) is 11.1 Å². The standard InChI is InChI=1S/C13H8F2N4O2S/c1-5-18-19-13(22-5)17-12(21)7-4-16-9-3-6(14)2-8(15)10(9)11(7)20/h2-4H,1H3,(H,16,20)(H,17,19,21). The van der Waals surface area contributed by atoms with Crippen LogP contribution >= 0.6 is 11.3 Å². The van der Waals surface area contributed by atoms with Crippen molar-refractivity contribution in [1.82, 2.24) is 15.2 Å². The van der Waals surface area contributed by atoms with Gasteiger partial charge in [0.15, 0.2) is 0 Å². The van der Waals surface area contributed by atoms with Gasteiger partial charge in [-0.3, -0.25) is 14.9 Å². The van der Waals surface area contributed by atoms with E-state index in [-0.39, 0.29) is 21.6 Å². The van der Waals surface area contributed by atoms with E-state index in [1.807, 2.05) is 0 Å². The number of carbonyl (C=O) groups is 1. The van der Waals surface area contributed by atoms with Crippen molar-refractivity contribution in [3.63, 3.8) is 0 Å². The number of nitrogens with zero attached hydrogens (tertiary/aromatic N) is 2. The molecule has 0 spiro atoms. The molecule has 0 saturated carbocycles. The number of fused-ring (bicyclic) bond motifs is 1. The Morgan fingerprint density at radius 1 is 1.32 bits per heavy atom. The third-order valence-electron chi connectivity index (χ3n) is 2.89. The van der Waals surface area contributed by atoms with Gasteiger partial charge in [0.05, 0.1) is 10.9 Å². The number of hydrogen-bond acceptors (Lipinski definition) is 5. The molecule has 0 atom stereocenters. The maximum Gasteiger partial charge on any atom is 0.262 e. The lowest BCUT2D eigenvalue weighted by atomic mass is 10.1. The highest BCUT2D eigenvalue weighted by atomic mass is 32.1. The topological polar surface area (TPSA) is 87.7 Å². The first-order chi connectivity index (χ1) is 10.5. The number of anilines is 1. The summed E-state index contributed by atoms with van der Waals surface area (Å²) in [5, 5.41) is 10.3. The predicted octanol–water partition coefficient (Wildman–Crippen LogP) is 2.22. The van der Waals surface area contributed by atoms with Gasteiger partial charge in [-0.05, 0) is 13.0 Å². The van der Waals surface area contributed by atoms with Gasteiger partial charge >= 0.3 is 0 Å². The van der Waals surface area contributed by atoms with Gasteiger partial charge < -0.3 is 4.98 Å². The number of pyridine rings is 1. The lowest BCUT2D eigenvalue weighted by molar-refractivity contribution is 0.102. The van der Waals surface area contributed by atoms with Crippen LogP contribution in [0.1, 0.15) is 15.4 Å². The van der Waals surface area contributed by atoms with Crippen LogP contribution < -0.4 is 10.7 Å². The van der Waals surface area contributed by atoms with Crippen LogP contribution in [0.25, 0.3) is 10.9 Å². The summed E-state index contributed by atoms with van der Waals surface area (Å²) < 4.78 is 26.9. The predicted molar refractivity (Wildman–Crippen MR) is 77.1 cm³/mol. The smallest absolute Gasteiger partial charge is 0.262 e. The van der Waals surface area contributed by atoms with Crippen molar-refractivity contribution in [2.45, 2.75) is 6.92 Å². The Labute approximate surface area is 125 Å². The average molecular weight is 322 g/mol. The van der Waals surface area contributed by atoms with Gasteiger partial charge in [0.1, 0.15) is 22.2 Å². The third-order valence-corrected chi connectivity index (χ3v) is 3.64. The minimum atomic E-state index is -1.03. The highest BCUT2D eigenvalue weighted by Crippen LogP contribution is 2.17. The Morgan fingerprint density at radius 2 is 2.09 bits per heavy atom. The number of aromatic amines is 1. The molecule has 9 heteroatoms. The van der Waals surface area contributed by atoms with E-state index in [1.165, 1.54) is 0 Å². The monoisotopic (exact) mass is 322 g/mol. The second-order valence-corrected chi connectivity index (χ2v) is 5.60. The van der Waals surface area contributed by atoms with Crippen molar-refractivity contribution < 1.29 is 13.6 Å². The zero-order valence-electron chi connectivity index (χ0n) is 11.1. The molecule has 1 amide bonds. The Kier molecular flexibility index (Phi) is 3.41. The van der Waals surface area contributed by atoms with Crippen molar-refractivity contribution in [1.29, 1.82) is 0 Å². The molecule has 22 heavy (non-hydrogen) atoms. The zero-order valence-corrected chi connectivity index (χ0v) is 11.9. The fourth-order valence-electron chi connectivity index (χ4n) is 1.95. The SMILES string of the molecule is Cc1nnc(NC(=O)c2c[nH]c3cc(F)cc(F)c3c2=O)s1. The summed E-state index contributed by atoms with van der Waals surface area (Å²) in [4.78, 5) is 26.8. The normalized spacial score (nSPS) is 10.9. The van der Waals surface area contributed by atoms with Crippen LogP contribution in [-0.2, 0) is 0 Å². The van der Waals surface area contributed by atoms with Crippen LogP contribution in [0, 0.1) is 18.6 Å². The third kappa shape index (κ3) is 2.46. The molecule has 0 aliphatic heterocycles. The first kappa shape index (κ1) is 14.3. The number of H-pyrrole nitrogens is 1. The second-order valence-electron chi connectivity index (χ2n) is 4.42. The number of halogens is 2. The molecule has 0 bridgehead atoms. The van der Waals surface area contributed by atoms with E-state index in [0.717, 1.165) is 23.6 Å². The van der Waals surface area contributed by atoms with E-state index in [2.05, 4.69) is 20.5 Å². The summed E-state index contributed by atoms with van der Waals surface area (Å²) >= 11 is 1.14. The van der Waals surface area contributed by atoms with Gasteiger partial charge in [-0.25, -0.2) is 8.78 Å². The number of rotatable bonds is 2. The molecule has 0 aliphatic carbocycles. The first-order valence-corrected chi connectivity index (χ1v) is 6.89. The largest absolute Gasteiger partial charge is 0.360 e. The average Bonchev–Trinajstić information content (AvgIpc) is 2.83. The lowest BCUT2D eigenvalue weighted by Gasteiger charge is -2.04.